The Morgan fingerprint density at radius 2 is 1.84 bits per heavy atom. The second kappa shape index (κ2) is 5.45. The zero-order chi connectivity index (χ0) is 14.0. The molecule has 0 saturated heterocycles. The van der Waals surface area contributed by atoms with E-state index in [4.69, 9.17) is 0 Å². The van der Waals surface area contributed by atoms with Gasteiger partial charge in [-0.05, 0) is 55.3 Å². The van der Waals surface area contributed by atoms with Gasteiger partial charge in [-0.2, -0.15) is 0 Å². The topological polar surface area (TPSA) is 49.3 Å². The standard InChI is InChI=1S/C15H14BrNO2/c1-9-3-4-11(8-13(9)16)15(19)17-12-5-6-14(18)10(2)7-12/h3-8,18H,1-2H3,(H,17,19). The number of aromatic hydroxyl groups is 1. The summed E-state index contributed by atoms with van der Waals surface area (Å²) in [6, 6.07) is 10.4. The van der Waals surface area contributed by atoms with Crippen LogP contribution in [-0.2, 0) is 0 Å². The molecule has 1 amide bonds. The molecule has 0 heterocycles. The number of hydrogen-bond acceptors (Lipinski definition) is 2. The van der Waals surface area contributed by atoms with Crippen LogP contribution in [0.5, 0.6) is 5.75 Å². The van der Waals surface area contributed by atoms with Crippen LogP contribution in [-0.4, -0.2) is 11.0 Å². The predicted molar refractivity (Wildman–Crippen MR) is 79.7 cm³/mol. The second-order valence-electron chi connectivity index (χ2n) is 4.42. The van der Waals surface area contributed by atoms with Crippen LogP contribution in [0.15, 0.2) is 40.9 Å². The van der Waals surface area contributed by atoms with E-state index in [9.17, 15) is 9.90 Å². The molecule has 19 heavy (non-hydrogen) atoms. The zero-order valence-corrected chi connectivity index (χ0v) is 12.3. The minimum Gasteiger partial charge on any atom is -0.508 e. The van der Waals surface area contributed by atoms with Gasteiger partial charge in [0.05, 0.1) is 0 Å². The smallest absolute Gasteiger partial charge is 0.255 e. The molecule has 0 aromatic heterocycles. The minimum absolute atomic E-state index is 0.175. The second-order valence-corrected chi connectivity index (χ2v) is 5.27. The zero-order valence-electron chi connectivity index (χ0n) is 10.7. The average molecular weight is 320 g/mol. The fourth-order valence-electron chi connectivity index (χ4n) is 1.67. The Kier molecular flexibility index (Phi) is 3.90. The Bertz CT molecular complexity index is 638. The van der Waals surface area contributed by atoms with E-state index in [1.807, 2.05) is 13.0 Å². The number of phenols is 1. The molecule has 0 saturated carbocycles. The fourth-order valence-corrected chi connectivity index (χ4v) is 2.05. The fraction of sp³-hybridized carbons (Fsp3) is 0.133. The van der Waals surface area contributed by atoms with Gasteiger partial charge in [0.1, 0.15) is 5.75 Å². The molecule has 0 unspecified atom stereocenters. The summed E-state index contributed by atoms with van der Waals surface area (Å²) in [5.74, 6) is 0.0434. The molecule has 0 radical (unpaired) electrons. The van der Waals surface area contributed by atoms with Crippen LogP contribution in [0.25, 0.3) is 0 Å². The molecule has 2 aromatic carbocycles. The highest BCUT2D eigenvalue weighted by molar-refractivity contribution is 9.10. The third-order valence-electron chi connectivity index (χ3n) is 2.89. The summed E-state index contributed by atoms with van der Waals surface area (Å²) >= 11 is 3.41. The van der Waals surface area contributed by atoms with E-state index >= 15 is 0 Å². The third-order valence-corrected chi connectivity index (χ3v) is 3.74. The average Bonchev–Trinajstić information content (AvgIpc) is 2.37. The lowest BCUT2D eigenvalue weighted by molar-refractivity contribution is 0.102. The van der Waals surface area contributed by atoms with Crippen molar-refractivity contribution in [2.45, 2.75) is 13.8 Å². The van der Waals surface area contributed by atoms with Gasteiger partial charge < -0.3 is 10.4 Å². The molecule has 0 bridgehead atoms. The van der Waals surface area contributed by atoms with E-state index in [2.05, 4.69) is 21.2 Å². The number of hydrogen-bond donors (Lipinski definition) is 2. The van der Waals surface area contributed by atoms with E-state index < -0.39 is 0 Å². The molecule has 0 aliphatic carbocycles. The first-order valence-electron chi connectivity index (χ1n) is 5.84. The SMILES string of the molecule is Cc1cc(NC(=O)c2ccc(C)c(Br)c2)ccc1O. The number of carbonyl (C=O) groups excluding carboxylic acids is 1. The quantitative estimate of drug-likeness (QED) is 0.821. The van der Waals surface area contributed by atoms with Crippen LogP contribution in [0.3, 0.4) is 0 Å². The largest absolute Gasteiger partial charge is 0.508 e. The molecule has 0 aliphatic heterocycles. The van der Waals surface area contributed by atoms with Gasteiger partial charge in [-0.3, -0.25) is 4.79 Å². The highest BCUT2D eigenvalue weighted by atomic mass is 79.9. The molecule has 4 heteroatoms. The Morgan fingerprint density at radius 3 is 2.47 bits per heavy atom. The van der Waals surface area contributed by atoms with E-state index in [0.29, 0.717) is 11.3 Å². The van der Waals surface area contributed by atoms with Crippen LogP contribution in [0.4, 0.5) is 5.69 Å². The molecule has 0 spiro atoms. The Labute approximate surface area is 120 Å². The Hall–Kier alpha value is -1.81. The first-order valence-corrected chi connectivity index (χ1v) is 6.64. The Balaban J connectivity index is 2.20. The van der Waals surface area contributed by atoms with Gasteiger partial charge >= 0.3 is 0 Å². The van der Waals surface area contributed by atoms with Crippen molar-refractivity contribution in [2.75, 3.05) is 5.32 Å². The number of halogens is 1. The maximum Gasteiger partial charge on any atom is 0.255 e. The first-order chi connectivity index (χ1) is 8.97. The number of carbonyl (C=O) groups is 1. The summed E-state index contributed by atoms with van der Waals surface area (Å²) in [6.45, 7) is 3.75. The summed E-state index contributed by atoms with van der Waals surface area (Å²) in [6.07, 6.45) is 0. The maximum atomic E-state index is 12.1. The van der Waals surface area contributed by atoms with Gasteiger partial charge in [-0.1, -0.05) is 22.0 Å². The summed E-state index contributed by atoms with van der Waals surface area (Å²) in [7, 11) is 0. The summed E-state index contributed by atoms with van der Waals surface area (Å²) in [5, 5.41) is 12.2. The van der Waals surface area contributed by atoms with Crippen LogP contribution in [0, 0.1) is 13.8 Å². The summed E-state index contributed by atoms with van der Waals surface area (Å²) in [5.41, 5.74) is 3.06. The van der Waals surface area contributed by atoms with Crippen LogP contribution < -0.4 is 5.32 Å². The molecule has 98 valence electrons. The molecule has 2 aromatic rings. The normalized spacial score (nSPS) is 10.3. The van der Waals surface area contributed by atoms with Crippen molar-refractivity contribution in [2.24, 2.45) is 0 Å². The number of anilines is 1. The van der Waals surface area contributed by atoms with E-state index in [1.165, 1.54) is 0 Å². The number of phenolic OH excluding ortho intramolecular Hbond substituents is 1. The van der Waals surface area contributed by atoms with Gasteiger partial charge in [0.15, 0.2) is 0 Å². The number of nitrogens with one attached hydrogen (secondary N) is 1. The lowest BCUT2D eigenvalue weighted by atomic mass is 10.1. The van der Waals surface area contributed by atoms with Gasteiger partial charge in [0, 0.05) is 15.7 Å². The molecular weight excluding hydrogens is 306 g/mol. The first kappa shape index (κ1) is 13.6. The molecular formula is C15H14BrNO2. The lowest BCUT2D eigenvalue weighted by Crippen LogP contribution is -2.12. The molecule has 0 aliphatic rings. The number of rotatable bonds is 2. The van der Waals surface area contributed by atoms with Crippen LogP contribution >= 0.6 is 15.9 Å². The molecule has 2 N–H and O–H groups in total. The highest BCUT2D eigenvalue weighted by Crippen LogP contribution is 2.22. The predicted octanol–water partition coefficient (Wildman–Crippen LogP) is 4.02. The maximum absolute atomic E-state index is 12.1. The molecule has 0 fully saturated rings. The minimum atomic E-state index is -0.175. The molecule has 3 nitrogen and oxygen atoms in total. The van der Waals surface area contributed by atoms with Crippen molar-refractivity contribution in [1.82, 2.24) is 0 Å². The van der Waals surface area contributed by atoms with Crippen LogP contribution in [0.1, 0.15) is 21.5 Å². The van der Waals surface area contributed by atoms with Crippen molar-refractivity contribution in [1.29, 1.82) is 0 Å². The van der Waals surface area contributed by atoms with Crippen molar-refractivity contribution < 1.29 is 9.90 Å². The van der Waals surface area contributed by atoms with Crippen molar-refractivity contribution in [3.8, 4) is 5.75 Å². The van der Waals surface area contributed by atoms with E-state index in [-0.39, 0.29) is 11.7 Å². The number of aryl methyl sites for hydroxylation is 2. The molecule has 0 atom stereocenters. The third kappa shape index (κ3) is 3.15. The summed E-state index contributed by atoms with van der Waals surface area (Å²) in [4.78, 5) is 12.1. The Morgan fingerprint density at radius 1 is 1.11 bits per heavy atom. The van der Waals surface area contributed by atoms with Crippen molar-refractivity contribution >= 4 is 27.5 Å². The number of benzene rings is 2. The number of amides is 1. The van der Waals surface area contributed by atoms with Gasteiger partial charge in [-0.25, -0.2) is 0 Å². The van der Waals surface area contributed by atoms with Gasteiger partial charge in [-0.15, -0.1) is 0 Å². The van der Waals surface area contributed by atoms with Crippen molar-refractivity contribution in [3.63, 3.8) is 0 Å². The molecule has 2 rings (SSSR count). The summed E-state index contributed by atoms with van der Waals surface area (Å²) < 4.78 is 0.905. The monoisotopic (exact) mass is 319 g/mol. The van der Waals surface area contributed by atoms with E-state index in [0.717, 1.165) is 15.6 Å². The van der Waals surface area contributed by atoms with Gasteiger partial charge in [0.2, 0.25) is 0 Å². The van der Waals surface area contributed by atoms with E-state index in [1.54, 1.807) is 37.3 Å². The lowest BCUT2D eigenvalue weighted by Gasteiger charge is -2.08. The van der Waals surface area contributed by atoms with Crippen molar-refractivity contribution in [3.05, 3.63) is 57.6 Å². The highest BCUT2D eigenvalue weighted by Gasteiger charge is 2.08. The van der Waals surface area contributed by atoms with Crippen LogP contribution in [0.2, 0.25) is 0 Å². The van der Waals surface area contributed by atoms with Gasteiger partial charge in [0.25, 0.3) is 5.91 Å².